The number of hydrogen-bond donors (Lipinski definition) is 1. The molecule has 0 amide bonds. The molecule has 1 aliphatic rings. The number of rotatable bonds is 5. The molecule has 14 heavy (non-hydrogen) atoms. The van der Waals surface area contributed by atoms with Gasteiger partial charge in [0.25, 0.3) is 0 Å². The second kappa shape index (κ2) is 4.18. The van der Waals surface area contributed by atoms with Crippen LogP contribution in [0.4, 0.5) is 0 Å². The third-order valence-electron chi connectivity index (χ3n) is 3.04. The standard InChI is InChI=1S/C12H20N2/c1-3-4-11-7-12(11)13-8-10-5-6-14(2)9-10/h5-6,9,11-13H,3-4,7-8H2,1-2H3. The van der Waals surface area contributed by atoms with Gasteiger partial charge in [0, 0.05) is 32.0 Å². The van der Waals surface area contributed by atoms with Crippen LogP contribution < -0.4 is 5.32 Å². The first-order valence-electron chi connectivity index (χ1n) is 5.64. The molecule has 78 valence electrons. The molecule has 0 bridgehead atoms. The molecule has 1 aromatic heterocycles. The highest BCUT2D eigenvalue weighted by Crippen LogP contribution is 2.34. The highest BCUT2D eigenvalue weighted by atomic mass is 15.0. The topological polar surface area (TPSA) is 17.0 Å². The summed E-state index contributed by atoms with van der Waals surface area (Å²) in [5.41, 5.74) is 1.40. The summed E-state index contributed by atoms with van der Waals surface area (Å²) >= 11 is 0. The van der Waals surface area contributed by atoms with E-state index in [2.05, 4.69) is 42.3 Å². The molecule has 0 aromatic carbocycles. The van der Waals surface area contributed by atoms with Crippen LogP contribution in [-0.4, -0.2) is 10.6 Å². The van der Waals surface area contributed by atoms with Crippen molar-refractivity contribution in [2.45, 2.75) is 38.8 Å². The van der Waals surface area contributed by atoms with Crippen molar-refractivity contribution in [2.75, 3.05) is 0 Å². The molecule has 0 spiro atoms. The Kier molecular flexibility index (Phi) is 2.92. The molecule has 1 saturated carbocycles. The molecule has 1 N–H and O–H groups in total. The zero-order valence-electron chi connectivity index (χ0n) is 9.16. The molecular weight excluding hydrogens is 172 g/mol. The molecule has 2 heteroatoms. The Morgan fingerprint density at radius 1 is 1.57 bits per heavy atom. The third kappa shape index (κ3) is 2.38. The first-order chi connectivity index (χ1) is 6.79. The van der Waals surface area contributed by atoms with Crippen LogP contribution in [0.5, 0.6) is 0 Å². The van der Waals surface area contributed by atoms with Crippen molar-refractivity contribution >= 4 is 0 Å². The predicted octanol–water partition coefficient (Wildman–Crippen LogP) is 2.30. The Morgan fingerprint density at radius 3 is 3.07 bits per heavy atom. The smallest absolute Gasteiger partial charge is 0.0223 e. The predicted molar refractivity (Wildman–Crippen MR) is 59.1 cm³/mol. The lowest BCUT2D eigenvalue weighted by atomic mass is 10.2. The van der Waals surface area contributed by atoms with Gasteiger partial charge in [-0.05, 0) is 30.4 Å². The molecule has 2 nitrogen and oxygen atoms in total. The lowest BCUT2D eigenvalue weighted by molar-refractivity contribution is 0.599. The molecule has 0 saturated heterocycles. The summed E-state index contributed by atoms with van der Waals surface area (Å²) in [6.45, 7) is 3.30. The van der Waals surface area contributed by atoms with Crippen molar-refractivity contribution in [2.24, 2.45) is 13.0 Å². The van der Waals surface area contributed by atoms with Crippen LogP contribution in [0.2, 0.25) is 0 Å². The van der Waals surface area contributed by atoms with Gasteiger partial charge in [0.05, 0.1) is 0 Å². The molecule has 0 radical (unpaired) electrons. The van der Waals surface area contributed by atoms with Crippen LogP contribution in [0, 0.1) is 5.92 Å². The second-order valence-electron chi connectivity index (χ2n) is 4.46. The fourth-order valence-electron chi connectivity index (χ4n) is 2.10. The van der Waals surface area contributed by atoms with Gasteiger partial charge in [-0.25, -0.2) is 0 Å². The lowest BCUT2D eigenvalue weighted by Crippen LogP contribution is -2.17. The van der Waals surface area contributed by atoms with Gasteiger partial charge in [-0.3, -0.25) is 0 Å². The zero-order valence-corrected chi connectivity index (χ0v) is 9.16. The minimum atomic E-state index is 0.801. The monoisotopic (exact) mass is 192 g/mol. The van der Waals surface area contributed by atoms with Gasteiger partial charge in [0.15, 0.2) is 0 Å². The highest BCUT2D eigenvalue weighted by Gasteiger charge is 2.35. The summed E-state index contributed by atoms with van der Waals surface area (Å²) in [6.07, 6.45) is 8.40. The number of nitrogens with zero attached hydrogens (tertiary/aromatic N) is 1. The van der Waals surface area contributed by atoms with E-state index < -0.39 is 0 Å². The SMILES string of the molecule is CCCC1CC1NCc1ccn(C)c1. The Hall–Kier alpha value is -0.760. The molecule has 1 heterocycles. The molecule has 1 aromatic rings. The van der Waals surface area contributed by atoms with E-state index in [1.165, 1.54) is 24.8 Å². The first-order valence-corrected chi connectivity index (χ1v) is 5.64. The van der Waals surface area contributed by atoms with E-state index >= 15 is 0 Å². The molecular formula is C12H20N2. The maximum Gasteiger partial charge on any atom is 0.0223 e. The second-order valence-corrected chi connectivity index (χ2v) is 4.46. The van der Waals surface area contributed by atoms with Gasteiger partial charge in [-0.1, -0.05) is 13.3 Å². The molecule has 2 rings (SSSR count). The van der Waals surface area contributed by atoms with E-state index in [9.17, 15) is 0 Å². The number of aromatic nitrogens is 1. The van der Waals surface area contributed by atoms with Gasteiger partial charge < -0.3 is 9.88 Å². The Balaban J connectivity index is 1.69. The zero-order chi connectivity index (χ0) is 9.97. The summed E-state index contributed by atoms with van der Waals surface area (Å²) in [7, 11) is 2.07. The molecule has 1 fully saturated rings. The van der Waals surface area contributed by atoms with Crippen molar-refractivity contribution in [1.82, 2.24) is 9.88 Å². The third-order valence-corrected chi connectivity index (χ3v) is 3.04. The van der Waals surface area contributed by atoms with E-state index in [0.717, 1.165) is 18.5 Å². The number of hydrogen-bond acceptors (Lipinski definition) is 1. The minimum absolute atomic E-state index is 0.801. The van der Waals surface area contributed by atoms with Gasteiger partial charge in [0.1, 0.15) is 0 Å². The van der Waals surface area contributed by atoms with Crippen molar-refractivity contribution in [3.63, 3.8) is 0 Å². The van der Waals surface area contributed by atoms with E-state index in [1.807, 2.05) is 0 Å². The van der Waals surface area contributed by atoms with Crippen molar-refractivity contribution in [3.8, 4) is 0 Å². The first kappa shape index (κ1) is 9.78. The summed E-state index contributed by atoms with van der Waals surface area (Å²) < 4.78 is 2.10. The van der Waals surface area contributed by atoms with Crippen LogP contribution >= 0.6 is 0 Å². The highest BCUT2D eigenvalue weighted by molar-refractivity contribution is 5.10. The van der Waals surface area contributed by atoms with E-state index in [0.29, 0.717) is 0 Å². The summed E-state index contributed by atoms with van der Waals surface area (Å²) in [5.74, 6) is 0.962. The summed E-state index contributed by atoms with van der Waals surface area (Å²) in [4.78, 5) is 0. The lowest BCUT2D eigenvalue weighted by Gasteiger charge is -2.01. The fourth-order valence-corrected chi connectivity index (χ4v) is 2.10. The van der Waals surface area contributed by atoms with Crippen LogP contribution in [0.3, 0.4) is 0 Å². The van der Waals surface area contributed by atoms with E-state index in [1.54, 1.807) is 0 Å². The maximum atomic E-state index is 3.61. The van der Waals surface area contributed by atoms with Gasteiger partial charge in [-0.2, -0.15) is 0 Å². The van der Waals surface area contributed by atoms with Crippen molar-refractivity contribution < 1.29 is 0 Å². The van der Waals surface area contributed by atoms with Gasteiger partial charge in [-0.15, -0.1) is 0 Å². The van der Waals surface area contributed by atoms with Crippen molar-refractivity contribution in [3.05, 3.63) is 24.0 Å². The van der Waals surface area contributed by atoms with Crippen LogP contribution in [0.25, 0.3) is 0 Å². The summed E-state index contributed by atoms with van der Waals surface area (Å²) in [6, 6.07) is 2.99. The molecule has 0 aliphatic heterocycles. The Morgan fingerprint density at radius 2 is 2.43 bits per heavy atom. The Labute approximate surface area is 86.3 Å². The normalized spacial score (nSPS) is 25.3. The van der Waals surface area contributed by atoms with E-state index in [4.69, 9.17) is 0 Å². The quantitative estimate of drug-likeness (QED) is 0.757. The Bertz CT molecular complexity index is 290. The number of nitrogens with one attached hydrogen (secondary N) is 1. The van der Waals surface area contributed by atoms with Crippen LogP contribution in [-0.2, 0) is 13.6 Å². The molecule has 2 atom stereocenters. The van der Waals surface area contributed by atoms with E-state index in [-0.39, 0.29) is 0 Å². The van der Waals surface area contributed by atoms with Crippen molar-refractivity contribution in [1.29, 1.82) is 0 Å². The van der Waals surface area contributed by atoms with Gasteiger partial charge in [0.2, 0.25) is 0 Å². The maximum absolute atomic E-state index is 3.61. The van der Waals surface area contributed by atoms with Crippen LogP contribution in [0.1, 0.15) is 31.7 Å². The molecule has 2 unspecified atom stereocenters. The average Bonchev–Trinajstić information content (AvgIpc) is 2.77. The average molecular weight is 192 g/mol. The van der Waals surface area contributed by atoms with Crippen LogP contribution in [0.15, 0.2) is 18.5 Å². The largest absolute Gasteiger partial charge is 0.357 e. The fraction of sp³-hybridized carbons (Fsp3) is 0.667. The number of aryl methyl sites for hydroxylation is 1. The minimum Gasteiger partial charge on any atom is -0.357 e. The van der Waals surface area contributed by atoms with Gasteiger partial charge >= 0.3 is 0 Å². The summed E-state index contributed by atoms with van der Waals surface area (Å²) in [5, 5.41) is 3.61. The molecule has 1 aliphatic carbocycles.